The van der Waals surface area contributed by atoms with Gasteiger partial charge in [0.25, 0.3) is 0 Å². The van der Waals surface area contributed by atoms with Crippen molar-refractivity contribution in [3.63, 3.8) is 0 Å². The van der Waals surface area contributed by atoms with Crippen LogP contribution < -0.4 is 0 Å². The molecule has 30 heavy (non-hydrogen) atoms. The highest BCUT2D eigenvalue weighted by molar-refractivity contribution is 5.52. The van der Waals surface area contributed by atoms with Crippen molar-refractivity contribution in [2.75, 3.05) is 0 Å². The van der Waals surface area contributed by atoms with Gasteiger partial charge in [-0.1, -0.05) is 61.6 Å². The number of hydrogen-bond acceptors (Lipinski definition) is 1. The summed E-state index contributed by atoms with van der Waals surface area (Å²) in [6, 6.07) is 24.2. The number of nitriles is 1. The quantitative estimate of drug-likeness (QED) is 0.375. The predicted molar refractivity (Wildman–Crippen MR) is 124 cm³/mol. The molecular formula is C29H25N. The van der Waals surface area contributed by atoms with Gasteiger partial charge >= 0.3 is 0 Å². The highest BCUT2D eigenvalue weighted by Gasteiger charge is 1.97. The Bertz CT molecular complexity index is 1170. The molecule has 0 amide bonds. The molecule has 0 saturated carbocycles. The Hall–Kier alpha value is -3.73. The monoisotopic (exact) mass is 387 g/mol. The van der Waals surface area contributed by atoms with Crippen LogP contribution in [0.5, 0.6) is 0 Å². The molecule has 3 aromatic rings. The standard InChI is InChI=1S/C29H25N/c1-3-4-5-7-24-10-12-25(13-11-24)14-15-27-17-19-29(23(2)20-27)18-16-26-8-6-9-28(21-26)22-30/h6,8-13,17,19-21H,3-5,7H2,1-2H3. The van der Waals surface area contributed by atoms with Crippen LogP contribution in [0.3, 0.4) is 0 Å². The predicted octanol–water partition coefficient (Wildman–Crippen LogP) is 6.40. The van der Waals surface area contributed by atoms with Gasteiger partial charge < -0.3 is 0 Å². The first-order valence-electron chi connectivity index (χ1n) is 10.4. The largest absolute Gasteiger partial charge is 0.192 e. The topological polar surface area (TPSA) is 23.8 Å². The molecule has 0 fully saturated rings. The lowest BCUT2D eigenvalue weighted by Crippen LogP contribution is -1.86. The van der Waals surface area contributed by atoms with Gasteiger partial charge in [0.15, 0.2) is 0 Å². The minimum Gasteiger partial charge on any atom is -0.192 e. The van der Waals surface area contributed by atoms with E-state index in [0.29, 0.717) is 5.56 Å². The molecule has 0 aromatic heterocycles. The molecule has 0 radical (unpaired) electrons. The Morgan fingerprint density at radius 1 is 0.700 bits per heavy atom. The highest BCUT2D eigenvalue weighted by Crippen LogP contribution is 2.12. The van der Waals surface area contributed by atoms with Crippen molar-refractivity contribution in [1.82, 2.24) is 0 Å². The summed E-state index contributed by atoms with van der Waals surface area (Å²) in [7, 11) is 0. The Balaban J connectivity index is 1.69. The van der Waals surface area contributed by atoms with Gasteiger partial charge in [-0.05, 0) is 79.4 Å². The number of benzene rings is 3. The zero-order valence-electron chi connectivity index (χ0n) is 17.6. The molecular weight excluding hydrogens is 362 g/mol. The highest BCUT2D eigenvalue weighted by atomic mass is 14.2. The summed E-state index contributed by atoms with van der Waals surface area (Å²) in [5.74, 6) is 12.9. The zero-order valence-corrected chi connectivity index (χ0v) is 17.6. The molecule has 0 aliphatic rings. The van der Waals surface area contributed by atoms with Gasteiger partial charge in [-0.2, -0.15) is 5.26 Å². The lowest BCUT2D eigenvalue weighted by molar-refractivity contribution is 0.717. The third-order valence-corrected chi connectivity index (χ3v) is 4.93. The van der Waals surface area contributed by atoms with Crippen LogP contribution in [0.1, 0.15) is 65.1 Å². The lowest BCUT2D eigenvalue weighted by atomic mass is 10.0. The zero-order chi connectivity index (χ0) is 21.2. The molecule has 0 unspecified atom stereocenters. The second-order valence-corrected chi connectivity index (χ2v) is 7.38. The Kier molecular flexibility index (Phi) is 7.50. The molecule has 0 aliphatic heterocycles. The Morgan fingerprint density at radius 2 is 1.37 bits per heavy atom. The van der Waals surface area contributed by atoms with Crippen LogP contribution in [-0.2, 0) is 6.42 Å². The van der Waals surface area contributed by atoms with Crippen LogP contribution in [0.4, 0.5) is 0 Å². The van der Waals surface area contributed by atoms with Crippen molar-refractivity contribution in [1.29, 1.82) is 5.26 Å². The van der Waals surface area contributed by atoms with Gasteiger partial charge in [0.2, 0.25) is 0 Å². The van der Waals surface area contributed by atoms with Crippen molar-refractivity contribution < 1.29 is 0 Å². The fourth-order valence-electron chi connectivity index (χ4n) is 3.17. The maximum Gasteiger partial charge on any atom is 0.0992 e. The summed E-state index contributed by atoms with van der Waals surface area (Å²) >= 11 is 0. The van der Waals surface area contributed by atoms with Crippen molar-refractivity contribution in [3.8, 4) is 29.8 Å². The van der Waals surface area contributed by atoms with E-state index in [1.54, 1.807) is 12.1 Å². The van der Waals surface area contributed by atoms with Crippen molar-refractivity contribution in [2.24, 2.45) is 0 Å². The number of aryl methyl sites for hydroxylation is 2. The normalized spacial score (nSPS) is 9.63. The first-order chi connectivity index (χ1) is 14.7. The molecule has 3 rings (SSSR count). The van der Waals surface area contributed by atoms with E-state index in [-0.39, 0.29) is 0 Å². The molecule has 3 aromatic carbocycles. The maximum atomic E-state index is 9.00. The van der Waals surface area contributed by atoms with Gasteiger partial charge in [-0.3, -0.25) is 0 Å². The van der Waals surface area contributed by atoms with Gasteiger partial charge in [0, 0.05) is 22.3 Å². The summed E-state index contributed by atoms with van der Waals surface area (Å²) in [5, 5.41) is 9.00. The van der Waals surface area contributed by atoms with Crippen molar-refractivity contribution in [3.05, 3.63) is 106 Å². The smallest absolute Gasteiger partial charge is 0.0992 e. The summed E-state index contributed by atoms with van der Waals surface area (Å²) in [4.78, 5) is 0. The van der Waals surface area contributed by atoms with E-state index < -0.39 is 0 Å². The first-order valence-corrected chi connectivity index (χ1v) is 10.4. The SMILES string of the molecule is CCCCCc1ccc(C#Cc2ccc(C#Cc3cccc(C#N)c3)c(C)c2)cc1. The average molecular weight is 388 g/mol. The van der Waals surface area contributed by atoms with Crippen LogP contribution in [0.15, 0.2) is 66.7 Å². The minimum atomic E-state index is 0.623. The van der Waals surface area contributed by atoms with E-state index in [1.807, 2.05) is 31.2 Å². The number of hydrogen-bond donors (Lipinski definition) is 0. The fourth-order valence-corrected chi connectivity index (χ4v) is 3.17. The molecule has 0 heterocycles. The third-order valence-electron chi connectivity index (χ3n) is 4.93. The fraction of sp³-hybridized carbons (Fsp3) is 0.207. The molecule has 0 atom stereocenters. The van der Waals surface area contributed by atoms with E-state index in [1.165, 1.54) is 24.8 Å². The van der Waals surface area contributed by atoms with Crippen LogP contribution in [0.2, 0.25) is 0 Å². The first kappa shape index (κ1) is 21.0. The molecule has 1 nitrogen and oxygen atoms in total. The molecule has 0 N–H and O–H groups in total. The summed E-state index contributed by atoms with van der Waals surface area (Å²) in [6.07, 6.45) is 4.93. The average Bonchev–Trinajstić information content (AvgIpc) is 2.78. The third kappa shape index (κ3) is 6.14. The second-order valence-electron chi connectivity index (χ2n) is 7.38. The van der Waals surface area contributed by atoms with Crippen LogP contribution in [0.25, 0.3) is 0 Å². The lowest BCUT2D eigenvalue weighted by Gasteiger charge is -2.01. The van der Waals surface area contributed by atoms with E-state index in [2.05, 4.69) is 67.0 Å². The minimum absolute atomic E-state index is 0.623. The van der Waals surface area contributed by atoms with Gasteiger partial charge in [-0.15, -0.1) is 0 Å². The van der Waals surface area contributed by atoms with E-state index >= 15 is 0 Å². The van der Waals surface area contributed by atoms with E-state index in [0.717, 1.165) is 34.2 Å². The molecule has 0 spiro atoms. The van der Waals surface area contributed by atoms with Gasteiger partial charge in [0.1, 0.15) is 0 Å². The molecule has 0 bridgehead atoms. The van der Waals surface area contributed by atoms with Crippen LogP contribution >= 0.6 is 0 Å². The Morgan fingerprint density at radius 3 is 2.10 bits per heavy atom. The maximum absolute atomic E-state index is 9.00. The molecule has 1 heteroatoms. The summed E-state index contributed by atoms with van der Waals surface area (Å²) in [5.41, 5.74) is 6.93. The second kappa shape index (κ2) is 10.7. The van der Waals surface area contributed by atoms with Crippen molar-refractivity contribution >= 4 is 0 Å². The number of rotatable bonds is 4. The molecule has 0 aliphatic carbocycles. The molecule has 0 saturated heterocycles. The van der Waals surface area contributed by atoms with Crippen LogP contribution in [0, 0.1) is 41.9 Å². The summed E-state index contributed by atoms with van der Waals surface area (Å²) < 4.78 is 0. The number of nitrogens with zero attached hydrogens (tertiary/aromatic N) is 1. The van der Waals surface area contributed by atoms with Gasteiger partial charge in [0.05, 0.1) is 11.6 Å². The van der Waals surface area contributed by atoms with E-state index in [9.17, 15) is 0 Å². The van der Waals surface area contributed by atoms with Gasteiger partial charge in [-0.25, -0.2) is 0 Å². The Labute approximate surface area is 180 Å². The number of unbranched alkanes of at least 4 members (excludes halogenated alkanes) is 2. The van der Waals surface area contributed by atoms with E-state index in [4.69, 9.17) is 5.26 Å². The van der Waals surface area contributed by atoms with Crippen LogP contribution in [-0.4, -0.2) is 0 Å². The summed E-state index contributed by atoms with van der Waals surface area (Å²) in [6.45, 7) is 4.28. The van der Waals surface area contributed by atoms with Crippen molar-refractivity contribution in [2.45, 2.75) is 39.5 Å². The molecule has 146 valence electrons.